The van der Waals surface area contributed by atoms with Crippen LogP contribution in [0.2, 0.25) is 0 Å². The molecule has 0 fully saturated rings. The summed E-state index contributed by atoms with van der Waals surface area (Å²) in [6.07, 6.45) is 2.75. The van der Waals surface area contributed by atoms with Crippen molar-refractivity contribution >= 4 is 17.2 Å². The number of anilines is 1. The van der Waals surface area contributed by atoms with E-state index in [2.05, 4.69) is 22.8 Å². The molecule has 1 aliphatic rings. The summed E-state index contributed by atoms with van der Waals surface area (Å²) in [5.74, 6) is -0.0431. The Labute approximate surface area is 118 Å². The molecule has 20 heavy (non-hydrogen) atoms. The number of benzene rings is 2. The van der Waals surface area contributed by atoms with Gasteiger partial charge in [-0.25, -0.2) is 0 Å². The molecule has 3 heteroatoms. The first-order chi connectivity index (χ1) is 9.84. The summed E-state index contributed by atoms with van der Waals surface area (Å²) in [5, 5.41) is 6.08. The maximum atomic E-state index is 11.9. The lowest BCUT2D eigenvalue weighted by atomic mass is 10.1. The van der Waals surface area contributed by atoms with E-state index in [0.29, 0.717) is 5.57 Å². The van der Waals surface area contributed by atoms with Gasteiger partial charge in [0.2, 0.25) is 0 Å². The summed E-state index contributed by atoms with van der Waals surface area (Å²) in [6.45, 7) is 0.808. The van der Waals surface area contributed by atoms with E-state index in [1.807, 2.05) is 48.7 Å². The molecule has 0 saturated heterocycles. The third-order valence-electron chi connectivity index (χ3n) is 3.36. The second-order valence-electron chi connectivity index (χ2n) is 4.75. The second kappa shape index (κ2) is 5.61. The molecule has 1 amide bonds. The summed E-state index contributed by atoms with van der Waals surface area (Å²) < 4.78 is 0. The van der Waals surface area contributed by atoms with Crippen molar-refractivity contribution in [2.75, 3.05) is 11.9 Å². The zero-order valence-corrected chi connectivity index (χ0v) is 11.1. The van der Waals surface area contributed by atoms with Gasteiger partial charge in [0.05, 0.1) is 5.57 Å². The van der Waals surface area contributed by atoms with E-state index < -0.39 is 0 Å². The lowest BCUT2D eigenvalue weighted by molar-refractivity contribution is -0.110. The van der Waals surface area contributed by atoms with Gasteiger partial charge in [-0.15, -0.1) is 0 Å². The van der Waals surface area contributed by atoms with Gasteiger partial charge in [-0.1, -0.05) is 48.5 Å². The highest BCUT2D eigenvalue weighted by atomic mass is 16.2. The molecule has 2 aromatic rings. The molecule has 2 aromatic carbocycles. The molecule has 0 unspecified atom stereocenters. The third kappa shape index (κ3) is 2.57. The first kappa shape index (κ1) is 12.5. The lowest BCUT2D eigenvalue weighted by Gasteiger charge is -2.03. The van der Waals surface area contributed by atoms with Crippen LogP contribution >= 0.6 is 0 Å². The number of hydrogen-bond acceptors (Lipinski definition) is 2. The maximum absolute atomic E-state index is 11.9. The largest absolute Gasteiger partial charge is 0.390 e. The number of fused-ring (bicyclic) bond motifs is 1. The van der Waals surface area contributed by atoms with Gasteiger partial charge in [-0.05, 0) is 18.1 Å². The van der Waals surface area contributed by atoms with Crippen molar-refractivity contribution in [3.63, 3.8) is 0 Å². The SMILES string of the molecule is O=C1Nc2ccccc2/C1=C/NCCc1ccccc1. The normalized spacial score (nSPS) is 15.0. The molecule has 1 heterocycles. The van der Waals surface area contributed by atoms with Crippen molar-refractivity contribution in [1.29, 1.82) is 0 Å². The van der Waals surface area contributed by atoms with Crippen molar-refractivity contribution in [2.45, 2.75) is 6.42 Å². The Morgan fingerprint density at radius 2 is 1.75 bits per heavy atom. The van der Waals surface area contributed by atoms with Crippen molar-refractivity contribution in [3.8, 4) is 0 Å². The maximum Gasteiger partial charge on any atom is 0.257 e. The summed E-state index contributed by atoms with van der Waals surface area (Å²) in [5.41, 5.74) is 3.83. The van der Waals surface area contributed by atoms with Gasteiger partial charge in [-0.3, -0.25) is 4.79 Å². The number of amides is 1. The van der Waals surface area contributed by atoms with E-state index in [0.717, 1.165) is 24.2 Å². The van der Waals surface area contributed by atoms with Crippen molar-refractivity contribution in [1.82, 2.24) is 5.32 Å². The van der Waals surface area contributed by atoms with Crippen LogP contribution in [0.15, 0.2) is 60.8 Å². The van der Waals surface area contributed by atoms with Crippen LogP contribution in [-0.2, 0) is 11.2 Å². The fraction of sp³-hybridized carbons (Fsp3) is 0.118. The standard InChI is InChI=1S/C17H16N2O/c20-17-15(14-8-4-5-9-16(14)19-17)12-18-11-10-13-6-2-1-3-7-13/h1-9,12,18H,10-11H2,(H,19,20)/b15-12-. The molecule has 1 aliphatic heterocycles. The molecule has 2 N–H and O–H groups in total. The Morgan fingerprint density at radius 1 is 1.00 bits per heavy atom. The van der Waals surface area contributed by atoms with Crippen molar-refractivity contribution in [2.24, 2.45) is 0 Å². The second-order valence-corrected chi connectivity index (χ2v) is 4.75. The van der Waals surface area contributed by atoms with Crippen LogP contribution in [0.3, 0.4) is 0 Å². The molecule has 0 aliphatic carbocycles. The predicted octanol–water partition coefficient (Wildman–Crippen LogP) is 2.81. The summed E-state index contributed by atoms with van der Waals surface area (Å²) in [6, 6.07) is 18.0. The van der Waals surface area contributed by atoms with Crippen LogP contribution in [0.25, 0.3) is 5.57 Å². The number of para-hydroxylation sites is 1. The Hall–Kier alpha value is -2.55. The number of nitrogens with one attached hydrogen (secondary N) is 2. The highest BCUT2D eigenvalue weighted by Crippen LogP contribution is 2.30. The first-order valence-corrected chi connectivity index (χ1v) is 6.73. The van der Waals surface area contributed by atoms with Crippen molar-refractivity contribution in [3.05, 3.63) is 71.9 Å². The van der Waals surface area contributed by atoms with Gasteiger partial charge < -0.3 is 10.6 Å². The smallest absolute Gasteiger partial charge is 0.257 e. The summed E-state index contributed by atoms with van der Waals surface area (Å²) >= 11 is 0. The van der Waals surface area contributed by atoms with Crippen LogP contribution in [0, 0.1) is 0 Å². The molecule has 0 bridgehead atoms. The molecule has 0 saturated carbocycles. The minimum absolute atomic E-state index is 0.0431. The average Bonchev–Trinajstić information content (AvgIpc) is 2.80. The monoisotopic (exact) mass is 264 g/mol. The Bertz CT molecular complexity index is 647. The van der Waals surface area contributed by atoms with Crippen LogP contribution < -0.4 is 10.6 Å². The van der Waals surface area contributed by atoms with E-state index in [4.69, 9.17) is 0 Å². The lowest BCUT2D eigenvalue weighted by Crippen LogP contribution is -2.13. The molecular formula is C17H16N2O. The van der Waals surface area contributed by atoms with Gasteiger partial charge in [0, 0.05) is 24.0 Å². The highest BCUT2D eigenvalue weighted by molar-refractivity contribution is 6.31. The summed E-state index contributed by atoms with van der Waals surface area (Å²) in [4.78, 5) is 11.9. The zero-order valence-electron chi connectivity index (χ0n) is 11.1. The molecule has 0 atom stereocenters. The third-order valence-corrected chi connectivity index (χ3v) is 3.36. The fourth-order valence-corrected chi connectivity index (χ4v) is 2.32. The van der Waals surface area contributed by atoms with Crippen LogP contribution in [-0.4, -0.2) is 12.5 Å². The van der Waals surface area contributed by atoms with E-state index in [-0.39, 0.29) is 5.91 Å². The average molecular weight is 264 g/mol. The van der Waals surface area contributed by atoms with E-state index in [1.165, 1.54) is 5.56 Å². The van der Waals surface area contributed by atoms with Gasteiger partial charge in [0.1, 0.15) is 0 Å². The van der Waals surface area contributed by atoms with Crippen LogP contribution in [0.4, 0.5) is 5.69 Å². The van der Waals surface area contributed by atoms with E-state index in [1.54, 1.807) is 0 Å². The van der Waals surface area contributed by atoms with E-state index in [9.17, 15) is 4.79 Å². The molecule has 3 nitrogen and oxygen atoms in total. The van der Waals surface area contributed by atoms with E-state index >= 15 is 0 Å². The molecule has 0 spiro atoms. The first-order valence-electron chi connectivity index (χ1n) is 6.73. The van der Waals surface area contributed by atoms with Gasteiger partial charge >= 0.3 is 0 Å². The number of rotatable bonds is 4. The Morgan fingerprint density at radius 3 is 2.60 bits per heavy atom. The minimum Gasteiger partial charge on any atom is -0.390 e. The predicted molar refractivity (Wildman–Crippen MR) is 81.2 cm³/mol. The Balaban J connectivity index is 1.64. The molecule has 100 valence electrons. The van der Waals surface area contributed by atoms with Crippen molar-refractivity contribution < 1.29 is 4.79 Å². The van der Waals surface area contributed by atoms with Crippen LogP contribution in [0.1, 0.15) is 11.1 Å². The summed E-state index contributed by atoms with van der Waals surface area (Å²) in [7, 11) is 0. The highest BCUT2D eigenvalue weighted by Gasteiger charge is 2.22. The zero-order chi connectivity index (χ0) is 13.8. The number of hydrogen-bond donors (Lipinski definition) is 2. The molecule has 0 aromatic heterocycles. The van der Waals surface area contributed by atoms with Gasteiger partial charge in [-0.2, -0.15) is 0 Å². The number of carbonyl (C=O) groups excluding carboxylic acids is 1. The van der Waals surface area contributed by atoms with Crippen LogP contribution in [0.5, 0.6) is 0 Å². The Kier molecular flexibility index (Phi) is 3.50. The fourth-order valence-electron chi connectivity index (χ4n) is 2.32. The molecule has 3 rings (SSSR count). The topological polar surface area (TPSA) is 41.1 Å². The molecule has 0 radical (unpaired) electrons. The number of carbonyl (C=O) groups is 1. The minimum atomic E-state index is -0.0431. The quantitative estimate of drug-likeness (QED) is 0.658. The van der Waals surface area contributed by atoms with Gasteiger partial charge in [0.25, 0.3) is 5.91 Å². The van der Waals surface area contributed by atoms with Gasteiger partial charge in [0.15, 0.2) is 0 Å². The molecular weight excluding hydrogens is 248 g/mol.